The molecule has 0 aromatic heterocycles. The molecule has 2 heteroatoms. The highest BCUT2D eigenvalue weighted by atomic mass is 16.3. The standard InChI is InChI=1S/C20H30O2/c1-12-10-13-11-14(21)6-8-19(13,2)16-7-9-20(3)15(18(12)16)4-5-17(20)22/h6,8,11-13,15-18,21-22H,4-5,7,9-10H2,1-3H3/t12?,13?,15-,16+,17?,18-,19-,20-/m0/s1. The first-order valence-electron chi connectivity index (χ1n) is 9.14. The summed E-state index contributed by atoms with van der Waals surface area (Å²) in [4.78, 5) is 0. The summed E-state index contributed by atoms with van der Waals surface area (Å²) in [7, 11) is 0. The first-order valence-corrected chi connectivity index (χ1v) is 9.14. The number of aliphatic hydroxyl groups is 2. The predicted octanol–water partition coefficient (Wildman–Crippen LogP) is 4.46. The van der Waals surface area contributed by atoms with E-state index in [0.29, 0.717) is 29.4 Å². The summed E-state index contributed by atoms with van der Waals surface area (Å²) in [6, 6.07) is 0. The van der Waals surface area contributed by atoms with Crippen LogP contribution < -0.4 is 0 Å². The van der Waals surface area contributed by atoms with Crippen molar-refractivity contribution in [2.24, 2.45) is 40.4 Å². The van der Waals surface area contributed by atoms with Gasteiger partial charge >= 0.3 is 0 Å². The fourth-order valence-corrected chi connectivity index (χ4v) is 6.79. The molecule has 0 aromatic rings. The van der Waals surface area contributed by atoms with Crippen LogP contribution >= 0.6 is 0 Å². The molecule has 4 aliphatic rings. The molecule has 0 radical (unpaired) electrons. The number of hydrogen-bond acceptors (Lipinski definition) is 2. The highest BCUT2D eigenvalue weighted by Crippen LogP contribution is 2.66. The second-order valence-corrected chi connectivity index (χ2v) is 9.04. The molecule has 3 fully saturated rings. The van der Waals surface area contributed by atoms with Crippen LogP contribution in [0.25, 0.3) is 0 Å². The van der Waals surface area contributed by atoms with Crippen molar-refractivity contribution in [3.05, 3.63) is 24.0 Å². The molecule has 0 aromatic carbocycles. The van der Waals surface area contributed by atoms with Crippen molar-refractivity contribution in [2.45, 2.75) is 59.0 Å². The normalized spacial score (nSPS) is 56.8. The third kappa shape index (κ3) is 1.76. The van der Waals surface area contributed by atoms with Gasteiger partial charge in [0.05, 0.1) is 6.10 Å². The minimum atomic E-state index is -0.0954. The third-order valence-corrected chi connectivity index (χ3v) is 8.15. The van der Waals surface area contributed by atoms with Crippen LogP contribution in [0.5, 0.6) is 0 Å². The summed E-state index contributed by atoms with van der Waals surface area (Å²) in [5.74, 6) is 3.73. The van der Waals surface area contributed by atoms with Crippen LogP contribution in [0.3, 0.4) is 0 Å². The highest BCUT2D eigenvalue weighted by Gasteiger charge is 2.60. The molecular weight excluding hydrogens is 272 g/mol. The zero-order valence-corrected chi connectivity index (χ0v) is 14.1. The Morgan fingerprint density at radius 1 is 1.14 bits per heavy atom. The Morgan fingerprint density at radius 3 is 2.68 bits per heavy atom. The van der Waals surface area contributed by atoms with E-state index >= 15 is 0 Å². The summed E-state index contributed by atoms with van der Waals surface area (Å²) in [5, 5.41) is 20.4. The second kappa shape index (κ2) is 4.63. The lowest BCUT2D eigenvalue weighted by atomic mass is 9.45. The van der Waals surface area contributed by atoms with Gasteiger partial charge in [0.15, 0.2) is 0 Å². The Labute approximate surface area is 134 Å². The molecule has 2 nitrogen and oxygen atoms in total. The number of fused-ring (bicyclic) bond motifs is 5. The van der Waals surface area contributed by atoms with Crippen molar-refractivity contribution in [1.82, 2.24) is 0 Å². The van der Waals surface area contributed by atoms with Crippen LogP contribution in [0.15, 0.2) is 24.0 Å². The summed E-state index contributed by atoms with van der Waals surface area (Å²) in [6.07, 6.45) is 12.0. The Kier molecular flexibility index (Phi) is 3.11. The van der Waals surface area contributed by atoms with Gasteiger partial charge in [0.25, 0.3) is 0 Å². The maximum Gasteiger partial charge on any atom is 0.111 e. The maximum atomic E-state index is 10.5. The van der Waals surface area contributed by atoms with E-state index in [1.165, 1.54) is 25.7 Å². The van der Waals surface area contributed by atoms with E-state index in [0.717, 1.165) is 12.3 Å². The van der Waals surface area contributed by atoms with Gasteiger partial charge in [-0.05, 0) is 84.7 Å². The van der Waals surface area contributed by atoms with Gasteiger partial charge in [-0.2, -0.15) is 0 Å². The number of allylic oxidation sites excluding steroid dienone is 3. The van der Waals surface area contributed by atoms with Crippen LogP contribution in [0.4, 0.5) is 0 Å². The lowest BCUT2D eigenvalue weighted by molar-refractivity contribution is -0.108. The van der Waals surface area contributed by atoms with Crippen LogP contribution in [0.1, 0.15) is 52.9 Å². The summed E-state index contributed by atoms with van der Waals surface area (Å²) >= 11 is 0. The molecule has 0 saturated heterocycles. The minimum Gasteiger partial charge on any atom is -0.508 e. The van der Waals surface area contributed by atoms with Crippen LogP contribution in [0.2, 0.25) is 0 Å². The van der Waals surface area contributed by atoms with Gasteiger partial charge in [-0.1, -0.05) is 26.8 Å². The Balaban J connectivity index is 1.72. The third-order valence-electron chi connectivity index (χ3n) is 8.15. The first kappa shape index (κ1) is 14.8. The van der Waals surface area contributed by atoms with Crippen LogP contribution in [0, 0.1) is 40.4 Å². The Bertz CT molecular complexity index is 536. The Hall–Kier alpha value is -0.760. The molecule has 22 heavy (non-hydrogen) atoms. The van der Waals surface area contributed by atoms with Gasteiger partial charge in [0, 0.05) is 0 Å². The average Bonchev–Trinajstić information content (AvgIpc) is 2.77. The van der Waals surface area contributed by atoms with Gasteiger partial charge in [0.1, 0.15) is 5.76 Å². The van der Waals surface area contributed by atoms with Gasteiger partial charge in [-0.25, -0.2) is 0 Å². The van der Waals surface area contributed by atoms with Crippen molar-refractivity contribution < 1.29 is 10.2 Å². The molecule has 3 saturated carbocycles. The lowest BCUT2D eigenvalue weighted by Gasteiger charge is -2.60. The second-order valence-electron chi connectivity index (χ2n) is 9.04. The number of aliphatic hydroxyl groups excluding tert-OH is 2. The fraction of sp³-hybridized carbons (Fsp3) is 0.800. The Morgan fingerprint density at radius 2 is 1.91 bits per heavy atom. The molecule has 2 N–H and O–H groups in total. The number of rotatable bonds is 0. The molecule has 0 aliphatic heterocycles. The lowest BCUT2D eigenvalue weighted by Crippen LogP contribution is -2.54. The van der Waals surface area contributed by atoms with Gasteiger partial charge in [0.2, 0.25) is 0 Å². The number of hydrogen-bond donors (Lipinski definition) is 2. The topological polar surface area (TPSA) is 40.5 Å². The molecule has 4 aliphatic carbocycles. The first-order chi connectivity index (χ1) is 10.4. The minimum absolute atomic E-state index is 0.0954. The van der Waals surface area contributed by atoms with E-state index in [9.17, 15) is 10.2 Å². The van der Waals surface area contributed by atoms with E-state index in [1.54, 1.807) is 0 Å². The van der Waals surface area contributed by atoms with Crippen molar-refractivity contribution in [2.75, 3.05) is 0 Å². The van der Waals surface area contributed by atoms with Gasteiger partial charge < -0.3 is 10.2 Å². The molecular formula is C20H30O2. The monoisotopic (exact) mass is 302 g/mol. The maximum absolute atomic E-state index is 10.5. The molecule has 0 heterocycles. The molecule has 0 amide bonds. The quantitative estimate of drug-likeness (QED) is 0.693. The molecule has 122 valence electrons. The van der Waals surface area contributed by atoms with E-state index in [2.05, 4.69) is 32.9 Å². The van der Waals surface area contributed by atoms with Crippen molar-refractivity contribution in [3.8, 4) is 0 Å². The molecule has 4 rings (SSSR count). The fourth-order valence-electron chi connectivity index (χ4n) is 6.79. The highest BCUT2D eigenvalue weighted by molar-refractivity contribution is 5.27. The largest absolute Gasteiger partial charge is 0.508 e. The van der Waals surface area contributed by atoms with Gasteiger partial charge in [-0.15, -0.1) is 0 Å². The van der Waals surface area contributed by atoms with Crippen molar-refractivity contribution >= 4 is 0 Å². The average molecular weight is 302 g/mol. The molecule has 3 unspecified atom stereocenters. The predicted molar refractivity (Wildman–Crippen MR) is 88.3 cm³/mol. The van der Waals surface area contributed by atoms with Crippen LogP contribution in [-0.4, -0.2) is 16.3 Å². The van der Waals surface area contributed by atoms with E-state index in [4.69, 9.17) is 0 Å². The molecule has 0 spiro atoms. The SMILES string of the molecule is CC1CC2C=C(O)C=C[C@]2(C)[C@@H]2CC[C@]3(C)C(O)CC[C@H]3[C@H]12. The van der Waals surface area contributed by atoms with Crippen molar-refractivity contribution in [3.63, 3.8) is 0 Å². The molecule has 8 atom stereocenters. The summed E-state index contributed by atoms with van der Waals surface area (Å²) < 4.78 is 0. The summed E-state index contributed by atoms with van der Waals surface area (Å²) in [6.45, 7) is 7.17. The van der Waals surface area contributed by atoms with Crippen LogP contribution in [-0.2, 0) is 0 Å². The zero-order chi connectivity index (χ0) is 15.7. The van der Waals surface area contributed by atoms with E-state index < -0.39 is 0 Å². The van der Waals surface area contributed by atoms with Crippen molar-refractivity contribution in [1.29, 1.82) is 0 Å². The van der Waals surface area contributed by atoms with E-state index in [-0.39, 0.29) is 16.9 Å². The van der Waals surface area contributed by atoms with E-state index in [1.807, 2.05) is 6.08 Å². The zero-order valence-electron chi connectivity index (χ0n) is 14.1. The molecule has 0 bridgehead atoms. The van der Waals surface area contributed by atoms with Gasteiger partial charge in [-0.3, -0.25) is 0 Å². The summed E-state index contributed by atoms with van der Waals surface area (Å²) in [5.41, 5.74) is 0.341. The smallest absolute Gasteiger partial charge is 0.111 e.